The van der Waals surface area contributed by atoms with Crippen LogP contribution in [0.5, 0.6) is 0 Å². The molecule has 0 amide bonds. The van der Waals surface area contributed by atoms with Crippen LogP contribution in [0, 0.1) is 6.58 Å². The van der Waals surface area contributed by atoms with E-state index in [-0.39, 0.29) is 27.4 Å². The summed E-state index contributed by atoms with van der Waals surface area (Å²) < 4.78 is 2.16. The number of aromatic nitrogens is 1. The van der Waals surface area contributed by atoms with Gasteiger partial charge in [0.2, 0.25) is 0 Å². The molecule has 2 aliphatic heterocycles. The second-order valence-corrected chi connectivity index (χ2v) is 19.0. The van der Waals surface area contributed by atoms with E-state index in [4.69, 9.17) is 22.3 Å². The minimum atomic E-state index is -0.0559. The number of H-pyrrole nitrogens is 1. The summed E-state index contributed by atoms with van der Waals surface area (Å²) in [7, 11) is 0. The van der Waals surface area contributed by atoms with Crippen molar-refractivity contribution in [3.05, 3.63) is 153 Å². The molecule has 2 N–H and O–H groups in total. The molecular weight excluding hydrogens is 686 g/mol. The molecule has 3 heterocycles. The van der Waals surface area contributed by atoms with E-state index in [1.165, 1.54) is 28.3 Å². The fourth-order valence-electron chi connectivity index (χ4n) is 6.27. The average molecular weight is 740 g/mol. The van der Waals surface area contributed by atoms with Crippen LogP contribution in [0.15, 0.2) is 106 Å². The molecule has 0 bridgehead atoms. The van der Waals surface area contributed by atoms with E-state index in [9.17, 15) is 0 Å². The van der Waals surface area contributed by atoms with Crippen LogP contribution >= 0.6 is 0 Å². The third kappa shape index (κ3) is 8.70. The molecule has 0 spiro atoms. The molecule has 4 nitrogen and oxygen atoms in total. The molecule has 266 valence electrons. The van der Waals surface area contributed by atoms with Crippen LogP contribution in [-0.4, -0.2) is 21.0 Å². The van der Waals surface area contributed by atoms with E-state index in [1.807, 2.05) is 12.1 Å². The van der Waals surface area contributed by atoms with Crippen molar-refractivity contribution >= 4 is 33.3 Å². The molecule has 1 aromatic heterocycles. The maximum atomic E-state index is 8.92. The molecule has 0 saturated heterocycles. The third-order valence-corrected chi connectivity index (χ3v) is 10.5. The van der Waals surface area contributed by atoms with Gasteiger partial charge >= 0.3 is 207 Å². The van der Waals surface area contributed by atoms with Crippen LogP contribution in [0.25, 0.3) is 23.0 Å². The van der Waals surface area contributed by atoms with E-state index >= 15 is 0 Å². The molecule has 0 atom stereocenters. The van der Waals surface area contributed by atoms with E-state index in [1.54, 1.807) is 0 Å². The van der Waals surface area contributed by atoms with Gasteiger partial charge in [-0.15, -0.1) is 0 Å². The second-order valence-electron chi connectivity index (χ2n) is 18.1. The molecule has 0 unspecified atom stereocenters. The van der Waals surface area contributed by atoms with Crippen molar-refractivity contribution < 1.29 is 17.9 Å². The van der Waals surface area contributed by atoms with Gasteiger partial charge in [-0.05, 0) is 27.5 Å². The maximum absolute atomic E-state index is 8.92. The van der Waals surface area contributed by atoms with Crippen LogP contribution in [-0.2, 0) is 39.5 Å². The third-order valence-electron chi connectivity index (χ3n) is 9.67. The minimum absolute atomic E-state index is 0.0199. The molecule has 5 rings (SSSR count). The van der Waals surface area contributed by atoms with E-state index in [0.29, 0.717) is 0 Å². The Bertz CT molecular complexity index is 2080. The summed E-state index contributed by atoms with van der Waals surface area (Å²) in [6.07, 6.45) is 11.8. The van der Waals surface area contributed by atoms with Crippen molar-refractivity contribution in [1.29, 1.82) is 0 Å². The monoisotopic (exact) mass is 738 g/mol. The van der Waals surface area contributed by atoms with Crippen molar-refractivity contribution in [3.8, 4) is 0 Å². The van der Waals surface area contributed by atoms with Crippen molar-refractivity contribution in [2.75, 3.05) is 0 Å². The molecular formula is C47H54N4Zn-2. The molecule has 0 saturated carbocycles. The molecule has 5 heteroatoms. The van der Waals surface area contributed by atoms with Gasteiger partial charge in [0.1, 0.15) is 0 Å². The summed E-state index contributed by atoms with van der Waals surface area (Å²) in [5, 5.41) is 0. The van der Waals surface area contributed by atoms with E-state index in [0.717, 1.165) is 74.3 Å². The zero-order valence-corrected chi connectivity index (χ0v) is 36.3. The molecule has 3 aromatic rings. The Morgan fingerprint density at radius 3 is 1.65 bits per heavy atom. The Labute approximate surface area is 322 Å². The van der Waals surface area contributed by atoms with E-state index < -0.39 is 0 Å². The summed E-state index contributed by atoms with van der Waals surface area (Å²) in [6, 6.07) is 17.8. The average Bonchev–Trinajstić information content (AvgIpc) is 3.82. The Balaban J connectivity index is 1.60. The van der Waals surface area contributed by atoms with Gasteiger partial charge in [-0.3, -0.25) is 18.4 Å². The predicted molar refractivity (Wildman–Crippen MR) is 222 cm³/mol. The second kappa shape index (κ2) is 14.3. The number of hydrogen-bond acceptors (Lipinski definition) is 2. The Morgan fingerprint density at radius 1 is 0.673 bits per heavy atom. The number of allylic oxidation sites excluding steroid dienone is 6. The van der Waals surface area contributed by atoms with Gasteiger partial charge in [0.25, 0.3) is 0 Å². The molecule has 0 radical (unpaired) electrons. The van der Waals surface area contributed by atoms with Crippen molar-refractivity contribution in [3.63, 3.8) is 0 Å². The first-order valence-corrected chi connectivity index (χ1v) is 19.9. The summed E-state index contributed by atoms with van der Waals surface area (Å²) in [5.74, 6) is 0. The zero-order chi connectivity index (χ0) is 38.4. The van der Waals surface area contributed by atoms with Crippen LogP contribution in [0.1, 0.15) is 128 Å². The predicted octanol–water partition coefficient (Wildman–Crippen LogP) is 12.1. The number of nitrogens with one attached hydrogen (secondary N) is 2. The SMILES string of the molecule is [CH-]=C/C([NH-])=C(\c1cc(C(C)(C)C)cc(C(C)(C)C)c1)c1ccc(C=C2C=CC(/C(=C3/C=CC([CH]=[Zn])=N3)c3cc(C(C)(C)C)cc(C(C)(C)C)c3)=N2)[nH]1. The fraction of sp³-hybridized carbons (Fsp3) is 0.340. The topological polar surface area (TPSA) is 64.3 Å². The first-order chi connectivity index (χ1) is 24.1. The summed E-state index contributed by atoms with van der Waals surface area (Å²) in [5.41, 5.74) is 23.4. The van der Waals surface area contributed by atoms with E-state index in [2.05, 4.69) is 159 Å². The van der Waals surface area contributed by atoms with Gasteiger partial charge in [0, 0.05) is 0 Å². The summed E-state index contributed by atoms with van der Waals surface area (Å²) in [4.78, 5) is 13.8. The molecule has 0 aliphatic carbocycles. The van der Waals surface area contributed by atoms with Crippen LogP contribution in [0.3, 0.4) is 0 Å². The summed E-state index contributed by atoms with van der Waals surface area (Å²) >= 11 is 1.05. The number of hydrogen-bond donors (Lipinski definition) is 1. The standard InChI is InChI=1S/C47H54N4.Zn/c1-15-38(48)42(30-22-32(44(3,4)5)26-33(23-30)45(6,7)8)39-20-17-36(50-39)28-37-18-21-41(51-37)43(40-19-16-29(2)49-40)31-24-34(46(9,10)11)27-35(25-31)47(12,13)14;/h1-2,15-28,48,50H,3-14H3;/q-2;/b37-28?,42-38-,43-40-;. The molecule has 0 fully saturated rings. The Morgan fingerprint density at radius 2 is 1.19 bits per heavy atom. The number of aliphatic imine (C=N–C) groups is 2. The number of aromatic amines is 1. The van der Waals surface area contributed by atoms with Gasteiger partial charge in [-0.2, -0.15) is 0 Å². The van der Waals surface area contributed by atoms with Gasteiger partial charge in [0.05, 0.1) is 0 Å². The normalized spacial score (nSPS) is 17.4. The van der Waals surface area contributed by atoms with Crippen molar-refractivity contribution in [2.45, 2.75) is 105 Å². The van der Waals surface area contributed by atoms with Gasteiger partial charge in [-0.1, -0.05) is 65.3 Å². The first kappa shape index (κ1) is 39.0. The molecule has 52 heavy (non-hydrogen) atoms. The quantitative estimate of drug-likeness (QED) is 0.142. The Kier molecular flexibility index (Phi) is 10.7. The van der Waals surface area contributed by atoms with Crippen LogP contribution in [0.2, 0.25) is 0 Å². The molecule has 2 aromatic carbocycles. The fourth-order valence-corrected chi connectivity index (χ4v) is 6.75. The zero-order valence-electron chi connectivity index (χ0n) is 33.3. The van der Waals surface area contributed by atoms with Gasteiger partial charge in [0.15, 0.2) is 0 Å². The first-order valence-electron chi connectivity index (χ1n) is 18.2. The van der Waals surface area contributed by atoms with Crippen molar-refractivity contribution in [1.82, 2.24) is 4.98 Å². The number of rotatable bonds is 7. The van der Waals surface area contributed by atoms with Crippen LogP contribution in [0.4, 0.5) is 0 Å². The van der Waals surface area contributed by atoms with Gasteiger partial charge < -0.3 is 5.73 Å². The summed E-state index contributed by atoms with van der Waals surface area (Å²) in [6.45, 7) is 33.0. The van der Waals surface area contributed by atoms with Crippen LogP contribution < -0.4 is 0 Å². The number of benzene rings is 2. The van der Waals surface area contributed by atoms with Crippen molar-refractivity contribution in [2.24, 2.45) is 9.98 Å². The molecule has 2 aliphatic rings. The number of nitrogens with zero attached hydrogens (tertiary/aromatic N) is 2. The van der Waals surface area contributed by atoms with Gasteiger partial charge in [-0.25, -0.2) is 0 Å². The Hall–Kier alpha value is -4.21.